The minimum atomic E-state index is -0.890. The second-order valence-corrected chi connectivity index (χ2v) is 6.35. The number of aliphatic hydroxyl groups excluding tert-OH is 1. The van der Waals surface area contributed by atoms with Crippen LogP contribution in [0.2, 0.25) is 0 Å². The van der Waals surface area contributed by atoms with Crippen molar-refractivity contribution in [2.75, 3.05) is 13.2 Å². The molecule has 4 heteroatoms. The van der Waals surface area contributed by atoms with Gasteiger partial charge in [-0.2, -0.15) is 0 Å². The molecule has 0 bridgehead atoms. The van der Waals surface area contributed by atoms with Crippen molar-refractivity contribution in [2.24, 2.45) is 0 Å². The zero-order chi connectivity index (χ0) is 14.9. The molecule has 0 unspecified atom stereocenters. The van der Waals surface area contributed by atoms with E-state index in [0.717, 1.165) is 32.1 Å². The summed E-state index contributed by atoms with van der Waals surface area (Å²) in [5, 5.41) is 8.65. The Morgan fingerprint density at radius 3 is 2.00 bits per heavy atom. The molecule has 0 heterocycles. The van der Waals surface area contributed by atoms with E-state index in [1.165, 1.54) is 0 Å². The summed E-state index contributed by atoms with van der Waals surface area (Å²) in [6.45, 7) is 9.86. The van der Waals surface area contributed by atoms with Crippen LogP contribution in [0.15, 0.2) is 0 Å². The van der Waals surface area contributed by atoms with Gasteiger partial charge < -0.3 is 14.6 Å². The van der Waals surface area contributed by atoms with Gasteiger partial charge in [-0.05, 0) is 47.5 Å². The van der Waals surface area contributed by atoms with Crippen molar-refractivity contribution >= 4 is 5.97 Å². The van der Waals surface area contributed by atoms with Crippen LogP contribution in [0.5, 0.6) is 0 Å². The van der Waals surface area contributed by atoms with Crippen LogP contribution < -0.4 is 0 Å². The standard InChI is InChI=1S/C15H30O4/c1-14(2,3)19-13(17)15(4,5)18-12-10-8-6-7-9-11-16/h16H,6-12H2,1-5H3. The lowest BCUT2D eigenvalue weighted by Crippen LogP contribution is -2.41. The van der Waals surface area contributed by atoms with Crippen molar-refractivity contribution in [1.29, 1.82) is 0 Å². The van der Waals surface area contributed by atoms with Gasteiger partial charge in [-0.3, -0.25) is 0 Å². The molecule has 114 valence electrons. The fraction of sp³-hybridized carbons (Fsp3) is 0.933. The van der Waals surface area contributed by atoms with Gasteiger partial charge >= 0.3 is 5.97 Å². The van der Waals surface area contributed by atoms with Crippen LogP contribution >= 0.6 is 0 Å². The van der Waals surface area contributed by atoms with Gasteiger partial charge in [0.1, 0.15) is 5.60 Å². The van der Waals surface area contributed by atoms with Crippen molar-refractivity contribution in [1.82, 2.24) is 0 Å². The van der Waals surface area contributed by atoms with E-state index in [1.807, 2.05) is 20.8 Å². The van der Waals surface area contributed by atoms with E-state index < -0.39 is 11.2 Å². The minimum absolute atomic E-state index is 0.266. The summed E-state index contributed by atoms with van der Waals surface area (Å²) in [7, 11) is 0. The van der Waals surface area contributed by atoms with Crippen molar-refractivity contribution in [3.63, 3.8) is 0 Å². The highest BCUT2D eigenvalue weighted by molar-refractivity contribution is 5.78. The molecule has 0 aromatic heterocycles. The van der Waals surface area contributed by atoms with Crippen LogP contribution in [-0.4, -0.2) is 35.5 Å². The van der Waals surface area contributed by atoms with Crippen LogP contribution in [0.4, 0.5) is 0 Å². The first kappa shape index (κ1) is 18.4. The average molecular weight is 274 g/mol. The van der Waals surface area contributed by atoms with Crippen molar-refractivity contribution in [2.45, 2.75) is 77.9 Å². The van der Waals surface area contributed by atoms with Gasteiger partial charge in [0, 0.05) is 13.2 Å². The molecule has 0 aromatic carbocycles. The Morgan fingerprint density at radius 2 is 1.47 bits per heavy atom. The van der Waals surface area contributed by atoms with Gasteiger partial charge in [-0.15, -0.1) is 0 Å². The van der Waals surface area contributed by atoms with Gasteiger partial charge in [0.25, 0.3) is 0 Å². The smallest absolute Gasteiger partial charge is 0.338 e. The third-order valence-electron chi connectivity index (χ3n) is 2.66. The molecule has 0 atom stereocenters. The molecule has 0 aliphatic heterocycles. The minimum Gasteiger partial charge on any atom is -0.458 e. The second kappa shape index (κ2) is 8.54. The highest BCUT2D eigenvalue weighted by atomic mass is 16.6. The maximum Gasteiger partial charge on any atom is 0.338 e. The Balaban J connectivity index is 3.81. The molecular weight excluding hydrogens is 244 g/mol. The first-order valence-corrected chi connectivity index (χ1v) is 7.17. The maximum atomic E-state index is 11.9. The summed E-state index contributed by atoms with van der Waals surface area (Å²) in [4.78, 5) is 11.9. The van der Waals surface area contributed by atoms with Crippen LogP contribution in [0.1, 0.15) is 66.7 Å². The summed E-state index contributed by atoms with van der Waals surface area (Å²) in [6.07, 6.45) is 5.00. The molecule has 1 N–H and O–H groups in total. The largest absolute Gasteiger partial charge is 0.458 e. The average Bonchev–Trinajstić information content (AvgIpc) is 2.25. The van der Waals surface area contributed by atoms with E-state index in [1.54, 1.807) is 13.8 Å². The number of hydrogen-bond donors (Lipinski definition) is 1. The molecule has 0 saturated carbocycles. The normalized spacial score (nSPS) is 12.5. The topological polar surface area (TPSA) is 55.8 Å². The van der Waals surface area contributed by atoms with Crippen LogP contribution in [0.3, 0.4) is 0 Å². The Kier molecular flexibility index (Phi) is 8.26. The molecule has 0 spiro atoms. The summed E-state index contributed by atoms with van der Waals surface area (Å²) in [5.74, 6) is -0.319. The SMILES string of the molecule is CC(C)(C)OC(=O)C(C)(C)OCCCCCCCO. The number of aliphatic hydroxyl groups is 1. The van der Waals surface area contributed by atoms with E-state index in [9.17, 15) is 4.79 Å². The van der Waals surface area contributed by atoms with Crippen LogP contribution in [0, 0.1) is 0 Å². The third-order valence-corrected chi connectivity index (χ3v) is 2.66. The Bertz CT molecular complexity index is 253. The molecule has 4 nitrogen and oxygen atoms in total. The summed E-state index contributed by atoms with van der Waals surface area (Å²) in [5.41, 5.74) is -1.37. The Labute approximate surface area is 117 Å². The highest BCUT2D eigenvalue weighted by Gasteiger charge is 2.33. The number of ether oxygens (including phenoxy) is 2. The summed E-state index contributed by atoms with van der Waals surface area (Å²) in [6, 6.07) is 0. The molecule has 0 aliphatic rings. The molecule has 0 rings (SSSR count). The Morgan fingerprint density at radius 1 is 0.947 bits per heavy atom. The zero-order valence-corrected chi connectivity index (χ0v) is 13.1. The number of rotatable bonds is 9. The fourth-order valence-electron chi connectivity index (χ4n) is 1.53. The summed E-state index contributed by atoms with van der Waals surface area (Å²) >= 11 is 0. The highest BCUT2D eigenvalue weighted by Crippen LogP contribution is 2.18. The molecular formula is C15H30O4. The lowest BCUT2D eigenvalue weighted by atomic mass is 10.1. The molecule has 19 heavy (non-hydrogen) atoms. The van der Waals surface area contributed by atoms with Gasteiger partial charge in [0.15, 0.2) is 5.60 Å². The van der Waals surface area contributed by atoms with E-state index in [2.05, 4.69) is 0 Å². The summed E-state index contributed by atoms with van der Waals surface area (Å²) < 4.78 is 10.9. The zero-order valence-electron chi connectivity index (χ0n) is 13.1. The predicted molar refractivity (Wildman–Crippen MR) is 76.0 cm³/mol. The predicted octanol–water partition coefficient (Wildman–Crippen LogP) is 3.07. The van der Waals surface area contributed by atoms with Crippen molar-refractivity contribution in [3.05, 3.63) is 0 Å². The number of carbonyl (C=O) groups is 1. The third kappa shape index (κ3) is 9.91. The van der Waals surface area contributed by atoms with Gasteiger partial charge in [0.2, 0.25) is 0 Å². The number of esters is 1. The van der Waals surface area contributed by atoms with Gasteiger partial charge in [-0.1, -0.05) is 19.3 Å². The van der Waals surface area contributed by atoms with Gasteiger partial charge in [-0.25, -0.2) is 4.79 Å². The number of hydrogen-bond acceptors (Lipinski definition) is 4. The first-order chi connectivity index (χ1) is 8.69. The molecule has 0 aliphatic carbocycles. The lowest BCUT2D eigenvalue weighted by molar-refractivity contribution is -0.179. The first-order valence-electron chi connectivity index (χ1n) is 7.17. The van der Waals surface area contributed by atoms with Crippen molar-refractivity contribution in [3.8, 4) is 0 Å². The van der Waals surface area contributed by atoms with Crippen LogP contribution in [-0.2, 0) is 14.3 Å². The quantitative estimate of drug-likeness (QED) is 0.518. The second-order valence-electron chi connectivity index (χ2n) is 6.35. The van der Waals surface area contributed by atoms with Gasteiger partial charge in [0.05, 0.1) is 0 Å². The molecule has 0 saturated heterocycles. The van der Waals surface area contributed by atoms with Crippen molar-refractivity contribution < 1.29 is 19.4 Å². The number of carbonyl (C=O) groups excluding carboxylic acids is 1. The maximum absolute atomic E-state index is 11.9. The van der Waals surface area contributed by atoms with E-state index in [4.69, 9.17) is 14.6 Å². The Hall–Kier alpha value is -0.610. The molecule has 0 radical (unpaired) electrons. The van der Waals surface area contributed by atoms with Crippen LogP contribution in [0.25, 0.3) is 0 Å². The lowest BCUT2D eigenvalue weighted by Gasteiger charge is -2.28. The van der Waals surface area contributed by atoms with E-state index >= 15 is 0 Å². The van der Waals surface area contributed by atoms with E-state index in [0.29, 0.717) is 6.61 Å². The molecule has 0 amide bonds. The molecule has 0 fully saturated rings. The fourth-order valence-corrected chi connectivity index (χ4v) is 1.53. The monoisotopic (exact) mass is 274 g/mol. The number of unbranched alkanes of at least 4 members (excludes halogenated alkanes) is 4. The molecule has 0 aromatic rings. The van der Waals surface area contributed by atoms with E-state index in [-0.39, 0.29) is 12.6 Å².